The van der Waals surface area contributed by atoms with Crippen LogP contribution in [0.15, 0.2) is 35.0 Å². The summed E-state index contributed by atoms with van der Waals surface area (Å²) >= 11 is 1.72. The molecule has 1 unspecified atom stereocenters. The molecule has 0 aliphatic rings. The predicted molar refractivity (Wildman–Crippen MR) is 84.0 cm³/mol. The molecule has 3 nitrogen and oxygen atoms in total. The number of hydrogen-bond acceptors (Lipinski definition) is 4. The summed E-state index contributed by atoms with van der Waals surface area (Å²) in [6.07, 6.45) is 0.925. The van der Waals surface area contributed by atoms with Crippen LogP contribution in [0.2, 0.25) is 0 Å². The van der Waals surface area contributed by atoms with E-state index in [9.17, 15) is 0 Å². The fourth-order valence-corrected chi connectivity index (χ4v) is 2.70. The highest BCUT2D eigenvalue weighted by atomic mass is 32.1. The van der Waals surface area contributed by atoms with Crippen molar-refractivity contribution in [3.8, 4) is 11.5 Å². The van der Waals surface area contributed by atoms with E-state index in [-0.39, 0.29) is 6.04 Å². The molecule has 0 aliphatic carbocycles. The molecule has 108 valence electrons. The van der Waals surface area contributed by atoms with Crippen molar-refractivity contribution >= 4 is 11.3 Å². The Kier molecular flexibility index (Phi) is 5.44. The van der Waals surface area contributed by atoms with Crippen LogP contribution in [0.25, 0.3) is 0 Å². The zero-order valence-corrected chi connectivity index (χ0v) is 13.0. The van der Waals surface area contributed by atoms with Gasteiger partial charge in [-0.05, 0) is 42.4 Å². The summed E-state index contributed by atoms with van der Waals surface area (Å²) in [5, 5.41) is 7.50. The van der Waals surface area contributed by atoms with E-state index < -0.39 is 0 Å². The third-order valence-corrected chi connectivity index (χ3v) is 4.08. The Morgan fingerprint density at radius 1 is 1.30 bits per heavy atom. The molecule has 2 aromatic rings. The largest absolute Gasteiger partial charge is 0.497 e. The van der Waals surface area contributed by atoms with Crippen molar-refractivity contribution in [2.24, 2.45) is 0 Å². The smallest absolute Gasteiger partial charge is 0.127 e. The number of benzene rings is 1. The minimum Gasteiger partial charge on any atom is -0.497 e. The van der Waals surface area contributed by atoms with Crippen LogP contribution >= 0.6 is 11.3 Å². The van der Waals surface area contributed by atoms with Crippen molar-refractivity contribution < 1.29 is 9.47 Å². The molecule has 0 radical (unpaired) electrons. The van der Waals surface area contributed by atoms with E-state index in [1.165, 1.54) is 5.56 Å². The first-order chi connectivity index (χ1) is 9.74. The van der Waals surface area contributed by atoms with Crippen molar-refractivity contribution in [1.82, 2.24) is 5.32 Å². The van der Waals surface area contributed by atoms with E-state index >= 15 is 0 Å². The fraction of sp³-hybridized carbons (Fsp3) is 0.375. The second-order valence-electron chi connectivity index (χ2n) is 4.64. The van der Waals surface area contributed by atoms with E-state index in [0.717, 1.165) is 23.5 Å². The van der Waals surface area contributed by atoms with Gasteiger partial charge in [-0.3, -0.25) is 0 Å². The van der Waals surface area contributed by atoms with Crippen molar-refractivity contribution in [3.05, 3.63) is 46.2 Å². The summed E-state index contributed by atoms with van der Waals surface area (Å²) in [6, 6.07) is 8.36. The van der Waals surface area contributed by atoms with Gasteiger partial charge in [0.15, 0.2) is 0 Å². The molecular weight excluding hydrogens is 270 g/mol. The minimum atomic E-state index is 0.247. The lowest BCUT2D eigenvalue weighted by Gasteiger charge is -2.17. The Bertz CT molecular complexity index is 525. The monoisotopic (exact) mass is 291 g/mol. The molecule has 1 atom stereocenters. The summed E-state index contributed by atoms with van der Waals surface area (Å²) in [5.74, 6) is 1.71. The van der Waals surface area contributed by atoms with Crippen LogP contribution in [0.5, 0.6) is 11.5 Å². The van der Waals surface area contributed by atoms with Gasteiger partial charge in [0.05, 0.1) is 13.7 Å². The maximum atomic E-state index is 5.96. The first-order valence-corrected chi connectivity index (χ1v) is 7.68. The van der Waals surface area contributed by atoms with E-state index in [4.69, 9.17) is 9.47 Å². The van der Waals surface area contributed by atoms with Gasteiger partial charge in [-0.15, -0.1) is 0 Å². The summed E-state index contributed by atoms with van der Waals surface area (Å²) in [7, 11) is 3.62. The second-order valence-corrected chi connectivity index (χ2v) is 5.42. The van der Waals surface area contributed by atoms with Crippen molar-refractivity contribution in [3.63, 3.8) is 0 Å². The zero-order chi connectivity index (χ0) is 14.4. The fourth-order valence-electron chi connectivity index (χ4n) is 1.99. The molecule has 1 N–H and O–H groups in total. The highest BCUT2D eigenvalue weighted by Crippen LogP contribution is 2.29. The molecular formula is C16H21NO2S. The molecule has 1 aromatic heterocycles. The summed E-state index contributed by atoms with van der Waals surface area (Å²) < 4.78 is 11.2. The molecule has 0 saturated heterocycles. The van der Waals surface area contributed by atoms with Crippen LogP contribution in [-0.4, -0.2) is 20.8 Å². The number of ether oxygens (including phenoxy) is 2. The van der Waals surface area contributed by atoms with Gasteiger partial charge in [-0.2, -0.15) is 11.3 Å². The Morgan fingerprint density at radius 3 is 2.80 bits per heavy atom. The van der Waals surface area contributed by atoms with Crippen LogP contribution in [0.3, 0.4) is 0 Å². The minimum absolute atomic E-state index is 0.247. The third kappa shape index (κ3) is 3.74. The molecule has 0 amide bonds. The molecule has 4 heteroatoms. The third-order valence-electron chi connectivity index (χ3n) is 3.35. The number of rotatable bonds is 7. The Hall–Kier alpha value is -1.52. The van der Waals surface area contributed by atoms with Crippen LogP contribution < -0.4 is 14.8 Å². The topological polar surface area (TPSA) is 30.5 Å². The van der Waals surface area contributed by atoms with Crippen LogP contribution in [0.4, 0.5) is 0 Å². The Balaban J connectivity index is 2.07. The van der Waals surface area contributed by atoms with E-state index in [1.54, 1.807) is 18.4 Å². The predicted octanol–water partition coefficient (Wildman–Crippen LogP) is 3.66. The van der Waals surface area contributed by atoms with Crippen molar-refractivity contribution in [2.45, 2.75) is 19.4 Å². The first kappa shape index (κ1) is 14.9. The Labute approximate surface area is 124 Å². The van der Waals surface area contributed by atoms with E-state index in [1.807, 2.05) is 19.2 Å². The van der Waals surface area contributed by atoms with E-state index in [2.05, 4.69) is 35.1 Å². The van der Waals surface area contributed by atoms with Gasteiger partial charge < -0.3 is 14.8 Å². The summed E-state index contributed by atoms with van der Waals surface area (Å²) in [6.45, 7) is 2.79. The Morgan fingerprint density at radius 2 is 2.15 bits per heavy atom. The van der Waals surface area contributed by atoms with Crippen molar-refractivity contribution in [2.75, 3.05) is 20.8 Å². The average Bonchev–Trinajstić information content (AvgIpc) is 2.99. The molecule has 1 heterocycles. The van der Waals surface area contributed by atoms with Gasteiger partial charge in [0.2, 0.25) is 0 Å². The lowest BCUT2D eigenvalue weighted by Crippen LogP contribution is -2.14. The molecule has 0 aliphatic heterocycles. The average molecular weight is 291 g/mol. The van der Waals surface area contributed by atoms with Crippen LogP contribution in [0, 0.1) is 0 Å². The molecule has 1 aromatic carbocycles. The highest BCUT2D eigenvalue weighted by molar-refractivity contribution is 7.07. The number of hydrogen-bond donors (Lipinski definition) is 1. The van der Waals surface area contributed by atoms with Gasteiger partial charge >= 0.3 is 0 Å². The quantitative estimate of drug-likeness (QED) is 0.844. The van der Waals surface area contributed by atoms with Gasteiger partial charge in [0.1, 0.15) is 11.5 Å². The lowest BCUT2D eigenvalue weighted by atomic mass is 10.1. The molecule has 0 fully saturated rings. The summed E-state index contributed by atoms with van der Waals surface area (Å²) in [4.78, 5) is 0. The maximum Gasteiger partial charge on any atom is 0.127 e. The molecule has 2 rings (SSSR count). The normalized spacial score (nSPS) is 12.2. The lowest BCUT2D eigenvalue weighted by molar-refractivity contribution is 0.313. The molecule has 0 saturated carbocycles. The maximum absolute atomic E-state index is 5.96. The molecule has 20 heavy (non-hydrogen) atoms. The highest BCUT2D eigenvalue weighted by Gasteiger charge is 2.11. The standard InChI is InChI=1S/C16H21NO2S/c1-12(17-2)15-5-4-14(18-3)10-16(15)19-8-6-13-7-9-20-11-13/h4-5,7,9-12,17H,6,8H2,1-3H3. The second kappa shape index (κ2) is 7.31. The summed E-state index contributed by atoms with van der Waals surface area (Å²) in [5.41, 5.74) is 2.47. The number of methoxy groups -OCH3 is 1. The first-order valence-electron chi connectivity index (χ1n) is 6.73. The van der Waals surface area contributed by atoms with Gasteiger partial charge in [0.25, 0.3) is 0 Å². The van der Waals surface area contributed by atoms with Gasteiger partial charge in [-0.1, -0.05) is 6.07 Å². The van der Waals surface area contributed by atoms with Crippen LogP contribution in [-0.2, 0) is 6.42 Å². The number of thiophene rings is 1. The van der Waals surface area contributed by atoms with Crippen molar-refractivity contribution in [1.29, 1.82) is 0 Å². The SMILES string of the molecule is CNC(C)c1ccc(OC)cc1OCCc1ccsc1. The van der Waals surface area contributed by atoms with Gasteiger partial charge in [-0.25, -0.2) is 0 Å². The molecule has 0 bridgehead atoms. The molecule has 0 spiro atoms. The number of nitrogens with one attached hydrogen (secondary N) is 1. The zero-order valence-electron chi connectivity index (χ0n) is 12.2. The van der Waals surface area contributed by atoms with Gasteiger partial charge in [0, 0.05) is 24.1 Å². The van der Waals surface area contributed by atoms with Crippen LogP contribution in [0.1, 0.15) is 24.1 Å². The van der Waals surface area contributed by atoms with E-state index in [0.29, 0.717) is 6.61 Å².